The van der Waals surface area contributed by atoms with Crippen LogP contribution in [0.1, 0.15) is 26.7 Å². The zero-order valence-electron chi connectivity index (χ0n) is 22.7. The summed E-state index contributed by atoms with van der Waals surface area (Å²) in [5, 5.41) is 9.54. The van der Waals surface area contributed by atoms with Crippen LogP contribution in [0.25, 0.3) is 10.2 Å². The van der Waals surface area contributed by atoms with Crippen molar-refractivity contribution in [1.82, 2.24) is 14.9 Å². The fraction of sp³-hybridized carbons (Fsp3) is 0.379. The number of thiophene rings is 1. The minimum absolute atomic E-state index is 0.483. The van der Waals surface area contributed by atoms with Crippen LogP contribution in [0, 0.1) is 0 Å². The fourth-order valence-electron chi connectivity index (χ4n) is 4.80. The maximum Gasteiger partial charge on any atom is 0.229 e. The molecule has 1 aliphatic heterocycles. The van der Waals surface area contributed by atoms with Gasteiger partial charge < -0.3 is 25.2 Å². The highest BCUT2D eigenvalue weighted by Gasteiger charge is 2.22. The third-order valence-electron chi connectivity index (χ3n) is 6.80. The largest absolute Gasteiger partial charge is 0.494 e. The summed E-state index contributed by atoms with van der Waals surface area (Å²) in [7, 11) is 6.05. The molecule has 0 aliphatic carbocycles. The SMILES string of the molecule is COc1cc(N2CCC(N(C)C)CC2)ccc1Nc1nc(Nc2ccccc2SC(C)C)c2sccc2n1. The van der Waals surface area contributed by atoms with Crippen LogP contribution in [0.3, 0.4) is 0 Å². The van der Waals surface area contributed by atoms with E-state index in [1.54, 1.807) is 18.4 Å². The second-order valence-corrected chi connectivity index (χ2v) is 12.5. The topological polar surface area (TPSA) is 65.6 Å². The van der Waals surface area contributed by atoms with Crippen molar-refractivity contribution >= 4 is 62.1 Å². The second kappa shape index (κ2) is 11.8. The number of benzene rings is 2. The number of aromatic nitrogens is 2. The molecule has 2 aromatic heterocycles. The van der Waals surface area contributed by atoms with E-state index >= 15 is 0 Å². The summed E-state index contributed by atoms with van der Waals surface area (Å²) < 4.78 is 6.82. The summed E-state index contributed by atoms with van der Waals surface area (Å²) >= 11 is 3.48. The molecule has 0 saturated carbocycles. The van der Waals surface area contributed by atoms with E-state index in [9.17, 15) is 0 Å². The number of ether oxygens (including phenoxy) is 1. The first-order valence-electron chi connectivity index (χ1n) is 13.1. The number of rotatable bonds is 9. The van der Waals surface area contributed by atoms with Gasteiger partial charge in [-0.2, -0.15) is 4.98 Å². The van der Waals surface area contributed by atoms with Crippen LogP contribution in [-0.2, 0) is 0 Å². The summed E-state index contributed by atoms with van der Waals surface area (Å²) in [6, 6.07) is 17.4. The van der Waals surface area contributed by atoms with Crippen molar-refractivity contribution in [3.05, 3.63) is 53.9 Å². The molecule has 0 amide bonds. The van der Waals surface area contributed by atoms with Gasteiger partial charge in [-0.05, 0) is 62.6 Å². The van der Waals surface area contributed by atoms with Gasteiger partial charge in [0, 0.05) is 41.0 Å². The first-order chi connectivity index (χ1) is 18.4. The lowest BCUT2D eigenvalue weighted by molar-refractivity contribution is 0.249. The van der Waals surface area contributed by atoms with E-state index in [0.717, 1.165) is 46.2 Å². The summed E-state index contributed by atoms with van der Waals surface area (Å²) in [4.78, 5) is 15.7. The molecule has 2 N–H and O–H groups in total. The number of piperidine rings is 1. The first kappa shape index (κ1) is 26.6. The van der Waals surface area contributed by atoms with Crippen molar-refractivity contribution in [2.24, 2.45) is 0 Å². The summed E-state index contributed by atoms with van der Waals surface area (Å²) in [6.07, 6.45) is 2.33. The zero-order chi connectivity index (χ0) is 26.6. The van der Waals surface area contributed by atoms with E-state index in [2.05, 4.69) is 90.2 Å². The fourth-order valence-corrected chi connectivity index (χ4v) is 6.49. The Kier molecular flexibility index (Phi) is 8.26. The summed E-state index contributed by atoms with van der Waals surface area (Å²) in [5.41, 5.74) is 3.98. The molecule has 3 heterocycles. The Morgan fingerprint density at radius 2 is 1.82 bits per heavy atom. The molecule has 5 rings (SSSR count). The van der Waals surface area contributed by atoms with E-state index in [1.165, 1.54) is 23.4 Å². The highest BCUT2D eigenvalue weighted by molar-refractivity contribution is 8.00. The van der Waals surface area contributed by atoms with Crippen LogP contribution < -0.4 is 20.3 Å². The number of nitrogens with zero attached hydrogens (tertiary/aromatic N) is 4. The quantitative estimate of drug-likeness (QED) is 0.213. The number of thioether (sulfide) groups is 1. The van der Waals surface area contributed by atoms with Gasteiger partial charge in [-0.15, -0.1) is 23.1 Å². The average Bonchev–Trinajstić information content (AvgIpc) is 3.39. The number of hydrogen-bond acceptors (Lipinski definition) is 9. The Morgan fingerprint density at radius 3 is 2.55 bits per heavy atom. The van der Waals surface area contributed by atoms with Gasteiger partial charge in [0.05, 0.1) is 28.7 Å². The maximum absolute atomic E-state index is 5.79. The lowest BCUT2D eigenvalue weighted by Gasteiger charge is -2.36. The van der Waals surface area contributed by atoms with E-state index < -0.39 is 0 Å². The minimum atomic E-state index is 0.483. The molecule has 0 bridgehead atoms. The Balaban J connectivity index is 1.39. The van der Waals surface area contributed by atoms with Crippen molar-refractivity contribution in [3.63, 3.8) is 0 Å². The normalized spacial score (nSPS) is 14.4. The van der Waals surface area contributed by atoms with Crippen molar-refractivity contribution < 1.29 is 4.74 Å². The second-order valence-electron chi connectivity index (χ2n) is 10.0. The van der Waals surface area contributed by atoms with Gasteiger partial charge in [-0.3, -0.25) is 0 Å². The van der Waals surface area contributed by atoms with Crippen LogP contribution in [0.4, 0.5) is 28.8 Å². The number of fused-ring (bicyclic) bond motifs is 1. The lowest BCUT2D eigenvalue weighted by atomic mass is 10.0. The van der Waals surface area contributed by atoms with Crippen molar-refractivity contribution in [2.75, 3.05) is 49.8 Å². The molecule has 38 heavy (non-hydrogen) atoms. The molecule has 1 fully saturated rings. The van der Waals surface area contributed by atoms with E-state index in [1.807, 2.05) is 23.9 Å². The molecule has 7 nitrogen and oxygen atoms in total. The first-order valence-corrected chi connectivity index (χ1v) is 14.8. The molecule has 0 unspecified atom stereocenters. The molecule has 1 saturated heterocycles. The lowest BCUT2D eigenvalue weighted by Crippen LogP contribution is -2.41. The van der Waals surface area contributed by atoms with Gasteiger partial charge in [-0.25, -0.2) is 4.98 Å². The molecule has 1 aliphatic rings. The predicted molar refractivity (Wildman–Crippen MR) is 163 cm³/mol. The molecule has 2 aromatic carbocycles. The monoisotopic (exact) mass is 548 g/mol. The smallest absolute Gasteiger partial charge is 0.229 e. The molecule has 0 atom stereocenters. The van der Waals surface area contributed by atoms with Crippen LogP contribution in [0.2, 0.25) is 0 Å². The van der Waals surface area contributed by atoms with Crippen molar-refractivity contribution in [1.29, 1.82) is 0 Å². The minimum Gasteiger partial charge on any atom is -0.494 e. The Labute approximate surface area is 233 Å². The number of hydrogen-bond donors (Lipinski definition) is 2. The van der Waals surface area contributed by atoms with Crippen LogP contribution in [0.5, 0.6) is 5.75 Å². The number of anilines is 5. The third kappa shape index (κ3) is 6.00. The predicted octanol–water partition coefficient (Wildman–Crippen LogP) is 7.22. The third-order valence-corrected chi connectivity index (χ3v) is 8.79. The Bertz CT molecular complexity index is 1380. The number of nitrogens with one attached hydrogen (secondary N) is 2. The molecular formula is C29H36N6OS2. The van der Waals surface area contributed by atoms with Crippen LogP contribution >= 0.6 is 23.1 Å². The van der Waals surface area contributed by atoms with Crippen LogP contribution in [-0.4, -0.2) is 60.5 Å². The number of methoxy groups -OCH3 is 1. The number of para-hydroxylation sites is 1. The van der Waals surface area contributed by atoms with Crippen molar-refractivity contribution in [3.8, 4) is 5.75 Å². The van der Waals surface area contributed by atoms with E-state index in [4.69, 9.17) is 14.7 Å². The highest BCUT2D eigenvalue weighted by Crippen LogP contribution is 2.37. The van der Waals surface area contributed by atoms with Gasteiger partial charge >= 0.3 is 0 Å². The van der Waals surface area contributed by atoms with Gasteiger partial charge in [0.25, 0.3) is 0 Å². The van der Waals surface area contributed by atoms with E-state index in [-0.39, 0.29) is 0 Å². The Hall–Kier alpha value is -3.01. The Morgan fingerprint density at radius 1 is 1.03 bits per heavy atom. The average molecular weight is 549 g/mol. The van der Waals surface area contributed by atoms with Crippen molar-refractivity contribution in [2.45, 2.75) is 42.9 Å². The van der Waals surface area contributed by atoms with E-state index in [0.29, 0.717) is 17.2 Å². The molecule has 0 spiro atoms. The van der Waals surface area contributed by atoms with Crippen LogP contribution in [0.15, 0.2) is 58.8 Å². The van der Waals surface area contributed by atoms with Gasteiger partial charge in [0.15, 0.2) is 5.82 Å². The van der Waals surface area contributed by atoms with Gasteiger partial charge in [0.2, 0.25) is 5.95 Å². The standard InChI is InChI=1S/C29H36N6OS2/c1-19(2)38-26-9-7-6-8-23(26)30-28-27-24(14-17-37-27)32-29(33-28)31-22-11-10-21(18-25(22)36-5)35-15-12-20(13-16-35)34(3)4/h6-11,14,17-20H,12-13,15-16H2,1-5H3,(H2,30,31,32,33). The van der Waals surface area contributed by atoms with Gasteiger partial charge in [-0.1, -0.05) is 26.0 Å². The zero-order valence-corrected chi connectivity index (χ0v) is 24.3. The molecule has 200 valence electrons. The molecule has 4 aromatic rings. The summed E-state index contributed by atoms with van der Waals surface area (Å²) in [5.74, 6) is 2.10. The van der Waals surface area contributed by atoms with Gasteiger partial charge in [0.1, 0.15) is 5.75 Å². The molecule has 9 heteroatoms. The molecular weight excluding hydrogens is 512 g/mol. The highest BCUT2D eigenvalue weighted by atomic mass is 32.2. The summed E-state index contributed by atoms with van der Waals surface area (Å²) in [6.45, 7) is 6.50. The maximum atomic E-state index is 5.79. The molecule has 0 radical (unpaired) electrons.